The Hall–Kier alpha value is -1.35. The smallest absolute Gasteiger partial charge is 0.243 e. The van der Waals surface area contributed by atoms with Crippen LogP contribution in [0, 0.1) is 0 Å². The van der Waals surface area contributed by atoms with E-state index < -0.39 is 0 Å². The summed E-state index contributed by atoms with van der Waals surface area (Å²) in [7, 11) is 3.53. The number of likely N-dealkylation sites (N-methyl/N-ethyl adjacent to an activating group) is 1. The highest BCUT2D eigenvalue weighted by atomic mass is 127. The van der Waals surface area contributed by atoms with Gasteiger partial charge in [-0.25, -0.2) is 4.99 Å². The summed E-state index contributed by atoms with van der Waals surface area (Å²) in [6.07, 6.45) is 1.04. The van der Waals surface area contributed by atoms with E-state index in [9.17, 15) is 4.79 Å². The maximum absolute atomic E-state index is 11.8. The minimum atomic E-state index is 0. The zero-order chi connectivity index (χ0) is 18.1. The molecule has 0 atom stereocenters. The van der Waals surface area contributed by atoms with Crippen LogP contribution in [-0.2, 0) is 11.3 Å². The first-order valence-corrected chi connectivity index (χ1v) is 9.10. The summed E-state index contributed by atoms with van der Waals surface area (Å²) in [5.41, 5.74) is 1.35. The highest BCUT2D eigenvalue weighted by Gasteiger charge is 2.20. The number of hydrogen-bond acceptors (Lipinski definition) is 3. The molecule has 0 spiro atoms. The van der Waals surface area contributed by atoms with Crippen LogP contribution in [-0.4, -0.2) is 79.9 Å². The van der Waals surface area contributed by atoms with E-state index in [-0.39, 0.29) is 36.4 Å². The van der Waals surface area contributed by atoms with E-state index in [4.69, 9.17) is 0 Å². The molecule has 0 aromatic heterocycles. The molecule has 146 valence electrons. The van der Waals surface area contributed by atoms with Crippen molar-refractivity contribution in [2.24, 2.45) is 4.99 Å². The van der Waals surface area contributed by atoms with Gasteiger partial charge in [-0.3, -0.25) is 9.69 Å². The zero-order valence-corrected chi connectivity index (χ0v) is 18.5. The molecule has 1 amide bonds. The van der Waals surface area contributed by atoms with Gasteiger partial charge in [0.2, 0.25) is 5.91 Å². The van der Waals surface area contributed by atoms with Gasteiger partial charge in [-0.1, -0.05) is 37.3 Å². The Morgan fingerprint density at radius 2 is 1.81 bits per heavy atom. The molecule has 1 aliphatic rings. The third kappa shape index (κ3) is 7.49. The summed E-state index contributed by atoms with van der Waals surface area (Å²) in [4.78, 5) is 22.7. The van der Waals surface area contributed by atoms with E-state index in [1.807, 2.05) is 0 Å². The molecule has 0 unspecified atom stereocenters. The maximum atomic E-state index is 11.8. The SMILES string of the molecule is CCCNC(=NCC(=O)N(C)C)N1CCN(Cc2ccccc2)CC1.I. The van der Waals surface area contributed by atoms with Crippen molar-refractivity contribution < 1.29 is 4.79 Å². The third-order valence-corrected chi connectivity index (χ3v) is 4.32. The van der Waals surface area contributed by atoms with Crippen LogP contribution < -0.4 is 5.32 Å². The highest BCUT2D eigenvalue weighted by molar-refractivity contribution is 14.0. The topological polar surface area (TPSA) is 51.2 Å². The monoisotopic (exact) mass is 473 g/mol. The lowest BCUT2D eigenvalue weighted by molar-refractivity contribution is -0.127. The van der Waals surface area contributed by atoms with Gasteiger partial charge in [0.05, 0.1) is 0 Å². The van der Waals surface area contributed by atoms with Crippen LogP contribution in [0.3, 0.4) is 0 Å². The number of carbonyl (C=O) groups excluding carboxylic acids is 1. The Labute approximate surface area is 174 Å². The summed E-state index contributed by atoms with van der Waals surface area (Å²) >= 11 is 0. The van der Waals surface area contributed by atoms with Gasteiger partial charge >= 0.3 is 0 Å². The fourth-order valence-electron chi connectivity index (χ4n) is 2.75. The van der Waals surface area contributed by atoms with Crippen LogP contribution in [0.1, 0.15) is 18.9 Å². The summed E-state index contributed by atoms with van der Waals surface area (Å²) < 4.78 is 0. The van der Waals surface area contributed by atoms with Crippen LogP contribution in [0.5, 0.6) is 0 Å². The Kier molecular flexibility index (Phi) is 10.6. The van der Waals surface area contributed by atoms with Crippen molar-refractivity contribution in [1.29, 1.82) is 0 Å². The van der Waals surface area contributed by atoms with Gasteiger partial charge in [-0.15, -0.1) is 24.0 Å². The van der Waals surface area contributed by atoms with Crippen LogP contribution in [0.25, 0.3) is 0 Å². The van der Waals surface area contributed by atoms with E-state index in [1.165, 1.54) is 5.56 Å². The standard InChI is InChI=1S/C19H31N5O.HI/c1-4-10-20-19(21-15-18(25)22(2)3)24-13-11-23(12-14-24)16-17-8-6-5-7-9-17;/h5-9H,4,10-16H2,1-3H3,(H,20,21);1H. The predicted octanol–water partition coefficient (Wildman–Crippen LogP) is 1.87. The number of hydrogen-bond donors (Lipinski definition) is 1. The van der Waals surface area contributed by atoms with Crippen molar-refractivity contribution in [3.05, 3.63) is 35.9 Å². The highest BCUT2D eigenvalue weighted by Crippen LogP contribution is 2.08. The minimum absolute atomic E-state index is 0. The summed E-state index contributed by atoms with van der Waals surface area (Å²) in [5.74, 6) is 0.884. The molecule has 2 rings (SSSR count). The fraction of sp³-hybridized carbons (Fsp3) is 0.579. The second kappa shape index (κ2) is 12.1. The molecule has 1 aromatic carbocycles. The fourth-order valence-corrected chi connectivity index (χ4v) is 2.75. The Balaban J connectivity index is 0.00000338. The first-order chi connectivity index (χ1) is 12.1. The van der Waals surface area contributed by atoms with Crippen molar-refractivity contribution >= 4 is 35.8 Å². The molecule has 0 aliphatic carbocycles. The van der Waals surface area contributed by atoms with Gasteiger partial charge in [0.15, 0.2) is 5.96 Å². The molecule has 6 nitrogen and oxygen atoms in total. The molecule has 7 heteroatoms. The third-order valence-electron chi connectivity index (χ3n) is 4.32. The van der Waals surface area contributed by atoms with Gasteiger partial charge in [0, 0.05) is 53.4 Å². The normalized spacial score (nSPS) is 15.3. The molecule has 1 aliphatic heterocycles. The molecule has 0 saturated carbocycles. The molecule has 1 saturated heterocycles. The Morgan fingerprint density at radius 3 is 2.38 bits per heavy atom. The van der Waals surface area contributed by atoms with Gasteiger partial charge in [-0.2, -0.15) is 0 Å². The second-order valence-electron chi connectivity index (χ2n) is 6.60. The van der Waals surface area contributed by atoms with Crippen molar-refractivity contribution in [3.8, 4) is 0 Å². The number of guanidine groups is 1. The number of amides is 1. The summed E-state index contributed by atoms with van der Waals surface area (Å²) in [6.45, 7) is 8.06. The lowest BCUT2D eigenvalue weighted by Gasteiger charge is -2.36. The number of nitrogens with one attached hydrogen (secondary N) is 1. The molecular weight excluding hydrogens is 441 g/mol. The summed E-state index contributed by atoms with van der Waals surface area (Å²) in [6, 6.07) is 10.6. The van der Waals surface area contributed by atoms with E-state index in [2.05, 4.69) is 57.4 Å². The van der Waals surface area contributed by atoms with Gasteiger partial charge in [0.25, 0.3) is 0 Å². The van der Waals surface area contributed by atoms with Crippen molar-refractivity contribution in [1.82, 2.24) is 20.0 Å². The lowest BCUT2D eigenvalue weighted by atomic mass is 10.2. The molecule has 26 heavy (non-hydrogen) atoms. The second-order valence-corrected chi connectivity index (χ2v) is 6.60. The maximum Gasteiger partial charge on any atom is 0.243 e. The number of aliphatic imine (C=N–C) groups is 1. The van der Waals surface area contributed by atoms with E-state index in [0.717, 1.165) is 51.6 Å². The Morgan fingerprint density at radius 1 is 1.15 bits per heavy atom. The average molecular weight is 473 g/mol. The molecule has 0 radical (unpaired) electrons. The molecule has 1 fully saturated rings. The number of piperazine rings is 1. The predicted molar refractivity (Wildman–Crippen MR) is 118 cm³/mol. The van der Waals surface area contributed by atoms with Crippen molar-refractivity contribution in [2.75, 3.05) is 53.4 Å². The number of halogens is 1. The molecule has 1 N–H and O–H groups in total. The largest absolute Gasteiger partial charge is 0.356 e. The minimum Gasteiger partial charge on any atom is -0.356 e. The average Bonchev–Trinajstić information content (AvgIpc) is 2.63. The number of rotatable bonds is 6. The first kappa shape index (κ1) is 22.7. The molecule has 1 heterocycles. The van der Waals surface area contributed by atoms with Crippen LogP contribution in [0.4, 0.5) is 0 Å². The van der Waals surface area contributed by atoms with E-state index in [1.54, 1.807) is 19.0 Å². The first-order valence-electron chi connectivity index (χ1n) is 9.10. The summed E-state index contributed by atoms with van der Waals surface area (Å²) in [5, 5.41) is 3.38. The van der Waals surface area contributed by atoms with Crippen LogP contribution in [0.15, 0.2) is 35.3 Å². The van der Waals surface area contributed by atoms with Crippen molar-refractivity contribution in [3.63, 3.8) is 0 Å². The molecular formula is C19H32IN5O. The number of carbonyl (C=O) groups is 1. The molecule has 1 aromatic rings. The quantitative estimate of drug-likeness (QED) is 0.390. The van der Waals surface area contributed by atoms with E-state index in [0.29, 0.717) is 0 Å². The van der Waals surface area contributed by atoms with Gasteiger partial charge in [-0.05, 0) is 12.0 Å². The zero-order valence-electron chi connectivity index (χ0n) is 16.1. The lowest BCUT2D eigenvalue weighted by Crippen LogP contribution is -2.52. The molecule has 0 bridgehead atoms. The number of benzene rings is 1. The Bertz CT molecular complexity index is 556. The van der Waals surface area contributed by atoms with Crippen molar-refractivity contribution in [2.45, 2.75) is 19.9 Å². The van der Waals surface area contributed by atoms with Crippen LogP contribution >= 0.6 is 24.0 Å². The van der Waals surface area contributed by atoms with Gasteiger partial charge in [0.1, 0.15) is 6.54 Å². The number of nitrogens with zero attached hydrogens (tertiary/aromatic N) is 4. The van der Waals surface area contributed by atoms with Crippen LogP contribution in [0.2, 0.25) is 0 Å². The van der Waals surface area contributed by atoms with Gasteiger partial charge < -0.3 is 15.1 Å². The van der Waals surface area contributed by atoms with E-state index >= 15 is 0 Å².